The molecule has 1 fully saturated rings. The van der Waals surface area contributed by atoms with Gasteiger partial charge in [-0.2, -0.15) is 0 Å². The van der Waals surface area contributed by atoms with Crippen molar-refractivity contribution in [2.24, 2.45) is 5.73 Å². The van der Waals surface area contributed by atoms with Crippen LogP contribution in [0.5, 0.6) is 0 Å². The van der Waals surface area contributed by atoms with Crippen molar-refractivity contribution in [3.63, 3.8) is 0 Å². The summed E-state index contributed by atoms with van der Waals surface area (Å²) in [6.07, 6.45) is 4.58. The lowest BCUT2D eigenvalue weighted by molar-refractivity contribution is 0.393. The Labute approximate surface area is 84.1 Å². The molecular formula is C12H16FN. The smallest absolute Gasteiger partial charge is 0.123 e. The molecule has 1 nitrogen and oxygen atoms in total. The SMILES string of the molecule is N[C@@H]1CCC[C@@H](c2ccc(F)cc2)C1. The lowest BCUT2D eigenvalue weighted by atomic mass is 9.82. The summed E-state index contributed by atoms with van der Waals surface area (Å²) in [5.74, 6) is 0.383. The maximum absolute atomic E-state index is 12.7. The number of nitrogens with two attached hydrogens (primary N) is 1. The normalized spacial score (nSPS) is 27.6. The molecule has 0 saturated heterocycles. The first-order valence-electron chi connectivity index (χ1n) is 5.27. The van der Waals surface area contributed by atoms with Crippen LogP contribution >= 0.6 is 0 Å². The molecule has 1 aromatic rings. The Balaban J connectivity index is 2.10. The summed E-state index contributed by atoms with van der Waals surface area (Å²) >= 11 is 0. The van der Waals surface area contributed by atoms with E-state index in [0.717, 1.165) is 12.8 Å². The molecule has 1 aliphatic carbocycles. The predicted molar refractivity (Wildman–Crippen MR) is 55.6 cm³/mol. The van der Waals surface area contributed by atoms with Crippen LogP contribution in [-0.2, 0) is 0 Å². The zero-order chi connectivity index (χ0) is 9.97. The van der Waals surface area contributed by atoms with Crippen LogP contribution in [0, 0.1) is 5.82 Å². The first kappa shape index (κ1) is 9.66. The Morgan fingerprint density at radius 1 is 1.14 bits per heavy atom. The Bertz CT molecular complexity index is 294. The van der Waals surface area contributed by atoms with Gasteiger partial charge in [0, 0.05) is 6.04 Å². The van der Waals surface area contributed by atoms with Crippen LogP contribution in [0.1, 0.15) is 37.2 Å². The molecule has 0 amide bonds. The maximum atomic E-state index is 12.7. The van der Waals surface area contributed by atoms with Crippen molar-refractivity contribution < 1.29 is 4.39 Å². The summed E-state index contributed by atoms with van der Waals surface area (Å²) in [5.41, 5.74) is 7.16. The van der Waals surface area contributed by atoms with Crippen LogP contribution in [-0.4, -0.2) is 6.04 Å². The summed E-state index contributed by atoms with van der Waals surface area (Å²) in [6, 6.07) is 7.18. The lowest BCUT2D eigenvalue weighted by Crippen LogP contribution is -2.26. The van der Waals surface area contributed by atoms with Gasteiger partial charge in [-0.25, -0.2) is 4.39 Å². The molecule has 1 aromatic carbocycles. The average molecular weight is 193 g/mol. The first-order chi connectivity index (χ1) is 6.75. The van der Waals surface area contributed by atoms with E-state index in [1.165, 1.54) is 30.5 Å². The second-order valence-electron chi connectivity index (χ2n) is 4.18. The average Bonchev–Trinajstić information content (AvgIpc) is 2.19. The van der Waals surface area contributed by atoms with Crippen LogP contribution in [0.25, 0.3) is 0 Å². The molecule has 76 valence electrons. The molecule has 2 rings (SSSR count). The van der Waals surface area contributed by atoms with Crippen molar-refractivity contribution in [2.75, 3.05) is 0 Å². The van der Waals surface area contributed by atoms with E-state index in [1.54, 1.807) is 0 Å². The summed E-state index contributed by atoms with van der Waals surface area (Å²) in [4.78, 5) is 0. The summed E-state index contributed by atoms with van der Waals surface area (Å²) < 4.78 is 12.7. The van der Waals surface area contributed by atoms with Crippen molar-refractivity contribution in [3.8, 4) is 0 Å². The molecule has 2 N–H and O–H groups in total. The van der Waals surface area contributed by atoms with Gasteiger partial charge in [0.2, 0.25) is 0 Å². The van der Waals surface area contributed by atoms with Crippen LogP contribution in [0.4, 0.5) is 4.39 Å². The minimum absolute atomic E-state index is 0.158. The minimum atomic E-state index is -0.158. The first-order valence-corrected chi connectivity index (χ1v) is 5.27. The van der Waals surface area contributed by atoms with E-state index >= 15 is 0 Å². The van der Waals surface area contributed by atoms with Crippen LogP contribution in [0.15, 0.2) is 24.3 Å². The molecule has 2 heteroatoms. The van der Waals surface area contributed by atoms with Crippen LogP contribution in [0.3, 0.4) is 0 Å². The van der Waals surface area contributed by atoms with Gasteiger partial charge in [0.25, 0.3) is 0 Å². The third-order valence-corrected chi connectivity index (χ3v) is 3.06. The predicted octanol–water partition coefficient (Wildman–Crippen LogP) is 2.81. The molecule has 0 heterocycles. The van der Waals surface area contributed by atoms with E-state index in [4.69, 9.17) is 5.73 Å². The highest BCUT2D eigenvalue weighted by Crippen LogP contribution is 2.31. The van der Waals surface area contributed by atoms with Crippen molar-refractivity contribution >= 4 is 0 Å². The second kappa shape index (κ2) is 4.09. The Hall–Kier alpha value is -0.890. The molecule has 0 aliphatic heterocycles. The van der Waals surface area contributed by atoms with Gasteiger partial charge in [-0.15, -0.1) is 0 Å². The molecule has 0 unspecified atom stereocenters. The van der Waals surface area contributed by atoms with E-state index < -0.39 is 0 Å². The van der Waals surface area contributed by atoms with Gasteiger partial charge in [0.15, 0.2) is 0 Å². The monoisotopic (exact) mass is 193 g/mol. The van der Waals surface area contributed by atoms with Crippen LogP contribution in [0.2, 0.25) is 0 Å². The number of benzene rings is 1. The third-order valence-electron chi connectivity index (χ3n) is 3.06. The number of halogens is 1. The van der Waals surface area contributed by atoms with E-state index in [0.29, 0.717) is 12.0 Å². The highest BCUT2D eigenvalue weighted by atomic mass is 19.1. The molecule has 0 radical (unpaired) electrons. The van der Waals surface area contributed by atoms with E-state index in [2.05, 4.69) is 0 Å². The largest absolute Gasteiger partial charge is 0.328 e. The fourth-order valence-corrected chi connectivity index (χ4v) is 2.27. The van der Waals surface area contributed by atoms with Crippen LogP contribution < -0.4 is 5.73 Å². The van der Waals surface area contributed by atoms with Crippen molar-refractivity contribution in [1.82, 2.24) is 0 Å². The van der Waals surface area contributed by atoms with Gasteiger partial charge in [0.1, 0.15) is 5.82 Å². The molecule has 1 aliphatic rings. The maximum Gasteiger partial charge on any atom is 0.123 e. The van der Waals surface area contributed by atoms with E-state index in [-0.39, 0.29) is 5.82 Å². The topological polar surface area (TPSA) is 26.0 Å². The Morgan fingerprint density at radius 3 is 2.50 bits per heavy atom. The quantitative estimate of drug-likeness (QED) is 0.729. The lowest BCUT2D eigenvalue weighted by Gasteiger charge is -2.26. The van der Waals surface area contributed by atoms with Gasteiger partial charge in [-0.1, -0.05) is 18.6 Å². The highest BCUT2D eigenvalue weighted by molar-refractivity contribution is 5.21. The van der Waals surface area contributed by atoms with Gasteiger partial charge in [-0.05, 0) is 42.9 Å². The number of hydrogen-bond donors (Lipinski definition) is 1. The third kappa shape index (κ3) is 2.13. The molecule has 14 heavy (non-hydrogen) atoms. The standard InChI is InChI=1S/C12H16FN/c13-11-6-4-9(5-7-11)10-2-1-3-12(14)8-10/h4-7,10,12H,1-3,8,14H2/t10-,12-/m1/s1. The Kier molecular flexibility index (Phi) is 2.82. The molecule has 1 saturated carbocycles. The molecule has 0 spiro atoms. The van der Waals surface area contributed by atoms with Gasteiger partial charge >= 0.3 is 0 Å². The zero-order valence-corrected chi connectivity index (χ0v) is 8.25. The molecule has 2 atom stereocenters. The fraction of sp³-hybridized carbons (Fsp3) is 0.500. The number of rotatable bonds is 1. The van der Waals surface area contributed by atoms with Crippen molar-refractivity contribution in [2.45, 2.75) is 37.6 Å². The fourth-order valence-electron chi connectivity index (χ4n) is 2.27. The van der Waals surface area contributed by atoms with Gasteiger partial charge < -0.3 is 5.73 Å². The minimum Gasteiger partial charge on any atom is -0.328 e. The second-order valence-corrected chi connectivity index (χ2v) is 4.18. The molecular weight excluding hydrogens is 177 g/mol. The Morgan fingerprint density at radius 2 is 1.86 bits per heavy atom. The number of hydrogen-bond acceptors (Lipinski definition) is 1. The highest BCUT2D eigenvalue weighted by Gasteiger charge is 2.20. The summed E-state index contributed by atoms with van der Waals surface area (Å²) in [5, 5.41) is 0. The molecule has 0 bridgehead atoms. The van der Waals surface area contributed by atoms with E-state index in [1.807, 2.05) is 12.1 Å². The zero-order valence-electron chi connectivity index (χ0n) is 8.25. The van der Waals surface area contributed by atoms with Gasteiger partial charge in [0.05, 0.1) is 0 Å². The molecule has 0 aromatic heterocycles. The van der Waals surface area contributed by atoms with Crippen molar-refractivity contribution in [1.29, 1.82) is 0 Å². The van der Waals surface area contributed by atoms with Crippen molar-refractivity contribution in [3.05, 3.63) is 35.6 Å². The van der Waals surface area contributed by atoms with E-state index in [9.17, 15) is 4.39 Å². The summed E-state index contributed by atoms with van der Waals surface area (Å²) in [7, 11) is 0. The summed E-state index contributed by atoms with van der Waals surface area (Å²) in [6.45, 7) is 0. The van der Waals surface area contributed by atoms with Gasteiger partial charge in [-0.3, -0.25) is 0 Å².